The maximum Gasteiger partial charge on any atom is 0.255 e. The summed E-state index contributed by atoms with van der Waals surface area (Å²) in [7, 11) is -0.944. The predicted octanol–water partition coefficient (Wildman–Crippen LogP) is 3.96. The van der Waals surface area contributed by atoms with Crippen LogP contribution in [-0.2, 0) is 16.6 Å². The first-order chi connectivity index (χ1) is 12.6. The monoisotopic (exact) mass is 365 g/mol. The third-order valence-corrected chi connectivity index (χ3v) is 4.37. The summed E-state index contributed by atoms with van der Waals surface area (Å²) in [4.78, 5) is 16.7. The summed E-state index contributed by atoms with van der Waals surface area (Å²) in [5.74, 6) is 0.906. The van der Waals surface area contributed by atoms with Crippen LogP contribution in [0, 0.1) is 0 Å². The molecule has 26 heavy (non-hydrogen) atoms. The van der Waals surface area contributed by atoms with Gasteiger partial charge >= 0.3 is 0 Å². The Kier molecular flexibility index (Phi) is 5.76. The quantitative estimate of drug-likeness (QED) is 0.694. The molecule has 0 fully saturated rings. The molecular weight excluding hydrogens is 346 g/mol. The standard InChI is InChI=1S/C20H19N3O2S/c1-26(25)14-15-6-5-7-16(12-15)20(24)23-18-10-11-19(21-13-18)22-17-8-3-2-4-9-17/h2-13H,14H2,1H3,(H,21,22)(H,23,24). The summed E-state index contributed by atoms with van der Waals surface area (Å²) in [5, 5.41) is 6.01. The fraction of sp³-hybridized carbons (Fsp3) is 0.100. The Morgan fingerprint density at radius 1 is 1.00 bits per heavy atom. The molecule has 0 radical (unpaired) electrons. The molecule has 0 bridgehead atoms. The molecule has 3 aromatic rings. The highest BCUT2D eigenvalue weighted by molar-refractivity contribution is 7.83. The van der Waals surface area contributed by atoms with E-state index in [1.165, 1.54) is 0 Å². The Labute approximate surface area is 154 Å². The van der Waals surface area contributed by atoms with Gasteiger partial charge in [0.1, 0.15) is 5.82 Å². The first kappa shape index (κ1) is 17.8. The lowest BCUT2D eigenvalue weighted by Crippen LogP contribution is -2.12. The van der Waals surface area contributed by atoms with Crippen LogP contribution >= 0.6 is 0 Å². The zero-order chi connectivity index (χ0) is 18.4. The molecule has 0 aliphatic heterocycles. The van der Waals surface area contributed by atoms with Crippen molar-refractivity contribution in [3.05, 3.63) is 84.1 Å². The maximum absolute atomic E-state index is 12.4. The van der Waals surface area contributed by atoms with Crippen molar-refractivity contribution in [1.29, 1.82) is 0 Å². The molecule has 0 saturated heterocycles. The molecule has 1 aromatic heterocycles. The Morgan fingerprint density at radius 2 is 1.81 bits per heavy atom. The van der Waals surface area contributed by atoms with Crippen LogP contribution in [0.25, 0.3) is 0 Å². The molecule has 2 aromatic carbocycles. The van der Waals surface area contributed by atoms with E-state index >= 15 is 0 Å². The number of anilines is 3. The molecule has 1 amide bonds. The van der Waals surface area contributed by atoms with Gasteiger partial charge in [0.15, 0.2) is 0 Å². The third kappa shape index (κ3) is 5.00. The number of para-hydroxylation sites is 1. The number of rotatable bonds is 6. The first-order valence-corrected chi connectivity index (χ1v) is 9.81. The second kappa shape index (κ2) is 8.40. The summed E-state index contributed by atoms with van der Waals surface area (Å²) in [6, 6.07) is 20.5. The van der Waals surface area contributed by atoms with Crippen molar-refractivity contribution < 1.29 is 9.00 Å². The van der Waals surface area contributed by atoms with Crippen LogP contribution in [0.15, 0.2) is 72.9 Å². The number of carbonyl (C=O) groups is 1. The Balaban J connectivity index is 1.65. The molecule has 0 spiro atoms. The van der Waals surface area contributed by atoms with Crippen molar-refractivity contribution in [1.82, 2.24) is 4.98 Å². The highest BCUT2D eigenvalue weighted by Crippen LogP contribution is 2.16. The molecule has 6 heteroatoms. The normalized spacial score (nSPS) is 11.6. The number of nitrogens with one attached hydrogen (secondary N) is 2. The van der Waals surface area contributed by atoms with Gasteiger partial charge in [0.2, 0.25) is 0 Å². The van der Waals surface area contributed by atoms with Gasteiger partial charge in [-0.15, -0.1) is 0 Å². The van der Waals surface area contributed by atoms with Crippen molar-refractivity contribution in [2.45, 2.75) is 5.75 Å². The minimum Gasteiger partial charge on any atom is -0.340 e. The Bertz CT molecular complexity index is 912. The van der Waals surface area contributed by atoms with E-state index in [1.807, 2.05) is 36.4 Å². The number of aromatic nitrogens is 1. The van der Waals surface area contributed by atoms with E-state index in [2.05, 4.69) is 15.6 Å². The van der Waals surface area contributed by atoms with Gasteiger partial charge in [-0.2, -0.15) is 0 Å². The number of amides is 1. The maximum atomic E-state index is 12.4. The molecule has 2 N–H and O–H groups in total. The molecule has 3 rings (SSSR count). The lowest BCUT2D eigenvalue weighted by atomic mass is 10.1. The van der Waals surface area contributed by atoms with Gasteiger partial charge in [0.05, 0.1) is 11.9 Å². The third-order valence-electron chi connectivity index (χ3n) is 3.63. The number of nitrogens with zero attached hydrogens (tertiary/aromatic N) is 1. The average Bonchev–Trinajstić information content (AvgIpc) is 2.64. The van der Waals surface area contributed by atoms with Gasteiger partial charge in [-0.1, -0.05) is 30.3 Å². The van der Waals surface area contributed by atoms with Crippen LogP contribution in [0.2, 0.25) is 0 Å². The van der Waals surface area contributed by atoms with Crippen molar-refractivity contribution in [3.8, 4) is 0 Å². The van der Waals surface area contributed by atoms with Gasteiger partial charge in [-0.05, 0) is 42.0 Å². The number of pyridine rings is 1. The molecule has 0 aliphatic carbocycles. The van der Waals surface area contributed by atoms with Gasteiger partial charge in [-0.3, -0.25) is 9.00 Å². The van der Waals surface area contributed by atoms with Crippen LogP contribution in [0.1, 0.15) is 15.9 Å². The number of hydrogen-bond donors (Lipinski definition) is 2. The molecular formula is C20H19N3O2S. The van der Waals surface area contributed by atoms with Crippen molar-refractivity contribution in [3.63, 3.8) is 0 Å². The van der Waals surface area contributed by atoms with E-state index in [1.54, 1.807) is 42.8 Å². The molecule has 5 nitrogen and oxygen atoms in total. The topological polar surface area (TPSA) is 71.1 Å². The number of hydrogen-bond acceptors (Lipinski definition) is 4. The predicted molar refractivity (Wildman–Crippen MR) is 106 cm³/mol. The van der Waals surface area contributed by atoms with Crippen molar-refractivity contribution >= 4 is 33.9 Å². The van der Waals surface area contributed by atoms with E-state index < -0.39 is 10.8 Å². The highest BCUT2D eigenvalue weighted by atomic mass is 32.2. The highest BCUT2D eigenvalue weighted by Gasteiger charge is 2.08. The van der Waals surface area contributed by atoms with E-state index in [0.717, 1.165) is 11.3 Å². The molecule has 1 unspecified atom stereocenters. The minimum atomic E-state index is -0.944. The SMILES string of the molecule is CS(=O)Cc1cccc(C(=O)Nc2ccc(Nc3ccccc3)nc2)c1. The summed E-state index contributed by atoms with van der Waals surface area (Å²) < 4.78 is 11.3. The van der Waals surface area contributed by atoms with E-state index in [4.69, 9.17) is 0 Å². The fourth-order valence-corrected chi connectivity index (χ4v) is 3.10. The van der Waals surface area contributed by atoms with Crippen LogP contribution in [0.5, 0.6) is 0 Å². The van der Waals surface area contributed by atoms with E-state index in [-0.39, 0.29) is 5.91 Å². The van der Waals surface area contributed by atoms with Crippen LogP contribution in [-0.4, -0.2) is 21.4 Å². The van der Waals surface area contributed by atoms with E-state index in [0.29, 0.717) is 22.8 Å². The molecule has 0 aliphatic rings. The summed E-state index contributed by atoms with van der Waals surface area (Å²) in [5.41, 5.74) is 2.96. The van der Waals surface area contributed by atoms with Crippen LogP contribution < -0.4 is 10.6 Å². The molecule has 1 atom stereocenters. The van der Waals surface area contributed by atoms with Gasteiger partial charge in [0, 0.05) is 34.1 Å². The number of carbonyl (C=O) groups excluding carboxylic acids is 1. The largest absolute Gasteiger partial charge is 0.340 e. The first-order valence-electron chi connectivity index (χ1n) is 8.08. The Morgan fingerprint density at radius 3 is 2.50 bits per heavy atom. The zero-order valence-corrected chi connectivity index (χ0v) is 15.1. The summed E-state index contributed by atoms with van der Waals surface area (Å²) >= 11 is 0. The van der Waals surface area contributed by atoms with Gasteiger partial charge < -0.3 is 10.6 Å². The summed E-state index contributed by atoms with van der Waals surface area (Å²) in [6.45, 7) is 0. The lowest BCUT2D eigenvalue weighted by molar-refractivity contribution is 0.102. The molecule has 1 heterocycles. The smallest absolute Gasteiger partial charge is 0.255 e. The summed E-state index contributed by atoms with van der Waals surface area (Å²) in [6.07, 6.45) is 3.25. The van der Waals surface area contributed by atoms with Gasteiger partial charge in [-0.25, -0.2) is 4.98 Å². The Hall–Kier alpha value is -2.99. The van der Waals surface area contributed by atoms with Crippen molar-refractivity contribution in [2.24, 2.45) is 0 Å². The van der Waals surface area contributed by atoms with Crippen LogP contribution in [0.3, 0.4) is 0 Å². The zero-order valence-electron chi connectivity index (χ0n) is 14.3. The molecule has 0 saturated carbocycles. The van der Waals surface area contributed by atoms with Crippen LogP contribution in [0.4, 0.5) is 17.2 Å². The number of benzene rings is 2. The second-order valence-electron chi connectivity index (χ2n) is 5.80. The fourth-order valence-electron chi connectivity index (χ4n) is 2.45. The lowest BCUT2D eigenvalue weighted by Gasteiger charge is -2.08. The average molecular weight is 365 g/mol. The second-order valence-corrected chi connectivity index (χ2v) is 7.23. The molecule has 132 valence electrons. The van der Waals surface area contributed by atoms with E-state index in [9.17, 15) is 9.00 Å². The minimum absolute atomic E-state index is 0.223. The van der Waals surface area contributed by atoms with Crippen molar-refractivity contribution in [2.75, 3.05) is 16.9 Å². The van der Waals surface area contributed by atoms with Gasteiger partial charge in [0.25, 0.3) is 5.91 Å².